The van der Waals surface area contributed by atoms with Crippen molar-refractivity contribution in [1.29, 1.82) is 5.41 Å². The predicted octanol–water partition coefficient (Wildman–Crippen LogP) is 2.36. The summed E-state index contributed by atoms with van der Waals surface area (Å²) in [5.41, 5.74) is 7.78. The highest BCUT2D eigenvalue weighted by molar-refractivity contribution is 5.95. The minimum atomic E-state index is 0.415. The summed E-state index contributed by atoms with van der Waals surface area (Å²) in [5, 5.41) is 7.54. The van der Waals surface area contributed by atoms with E-state index in [0.29, 0.717) is 17.3 Å². The van der Waals surface area contributed by atoms with Crippen LogP contribution in [0.1, 0.15) is 27.7 Å². The Bertz CT molecular complexity index is 275. The Morgan fingerprint density at radius 3 is 2.33 bits per heavy atom. The molecular weight excluding hydrogens is 186 g/mol. The predicted molar refractivity (Wildman–Crippen MR) is 66.9 cm³/mol. The Morgan fingerprint density at radius 1 is 1.47 bits per heavy atom. The van der Waals surface area contributed by atoms with E-state index in [0.717, 1.165) is 12.2 Å². The number of nitrogens with two attached hydrogens (primary N) is 1. The summed E-state index contributed by atoms with van der Waals surface area (Å²) in [4.78, 5) is 2.10. The van der Waals surface area contributed by atoms with Crippen molar-refractivity contribution >= 4 is 5.71 Å². The topological polar surface area (TPSA) is 53.1 Å². The molecule has 0 atom stereocenters. The molecule has 0 amide bonds. The first-order valence-electron chi connectivity index (χ1n) is 5.29. The fourth-order valence-electron chi connectivity index (χ4n) is 1.42. The molecule has 0 rings (SSSR count). The summed E-state index contributed by atoms with van der Waals surface area (Å²) in [6.45, 7) is 8.93. The van der Waals surface area contributed by atoms with Crippen LogP contribution in [0.2, 0.25) is 0 Å². The van der Waals surface area contributed by atoms with Crippen LogP contribution < -0.4 is 5.73 Å². The maximum absolute atomic E-state index is 7.54. The SMILES string of the molecule is C/C=C\C(=C(\N)C(C)=N)N(C)CC(C)C. The van der Waals surface area contributed by atoms with Crippen molar-refractivity contribution in [1.82, 2.24) is 4.90 Å². The Morgan fingerprint density at radius 2 is 2.00 bits per heavy atom. The van der Waals surface area contributed by atoms with E-state index in [2.05, 4.69) is 18.7 Å². The molecule has 3 nitrogen and oxygen atoms in total. The van der Waals surface area contributed by atoms with E-state index < -0.39 is 0 Å². The quantitative estimate of drug-likeness (QED) is 0.539. The van der Waals surface area contributed by atoms with E-state index in [4.69, 9.17) is 11.1 Å². The normalized spacial score (nSPS) is 13.2. The molecule has 3 N–H and O–H groups in total. The molecule has 3 heteroatoms. The van der Waals surface area contributed by atoms with Gasteiger partial charge in [-0.1, -0.05) is 19.9 Å². The average molecular weight is 209 g/mol. The molecule has 0 fully saturated rings. The van der Waals surface area contributed by atoms with E-state index in [1.165, 1.54) is 0 Å². The van der Waals surface area contributed by atoms with Gasteiger partial charge in [0.15, 0.2) is 0 Å². The third-order valence-electron chi connectivity index (χ3n) is 2.05. The van der Waals surface area contributed by atoms with Crippen LogP contribution in [-0.2, 0) is 0 Å². The molecule has 0 radical (unpaired) electrons. The Labute approximate surface area is 93.2 Å². The van der Waals surface area contributed by atoms with Gasteiger partial charge in [-0.05, 0) is 25.8 Å². The highest BCUT2D eigenvalue weighted by Crippen LogP contribution is 2.10. The van der Waals surface area contributed by atoms with Crippen molar-refractivity contribution < 1.29 is 0 Å². The maximum Gasteiger partial charge on any atom is 0.0760 e. The first kappa shape index (κ1) is 13.8. The molecule has 0 aliphatic heterocycles. The van der Waals surface area contributed by atoms with Gasteiger partial charge in [0, 0.05) is 13.6 Å². The van der Waals surface area contributed by atoms with Crippen LogP contribution in [0.4, 0.5) is 0 Å². The van der Waals surface area contributed by atoms with Gasteiger partial charge in [-0.2, -0.15) is 0 Å². The second-order valence-corrected chi connectivity index (χ2v) is 4.20. The summed E-state index contributed by atoms with van der Waals surface area (Å²) >= 11 is 0. The second-order valence-electron chi connectivity index (χ2n) is 4.20. The number of nitrogens with zero attached hydrogens (tertiary/aromatic N) is 1. The Balaban J connectivity index is 4.97. The molecule has 0 saturated carbocycles. The van der Waals surface area contributed by atoms with E-state index in [1.807, 2.05) is 26.1 Å². The van der Waals surface area contributed by atoms with Crippen LogP contribution in [0.3, 0.4) is 0 Å². The van der Waals surface area contributed by atoms with Gasteiger partial charge >= 0.3 is 0 Å². The number of hydrogen-bond donors (Lipinski definition) is 2. The Hall–Kier alpha value is -1.25. The number of hydrogen-bond acceptors (Lipinski definition) is 3. The van der Waals surface area contributed by atoms with Crippen molar-refractivity contribution in [2.75, 3.05) is 13.6 Å². The molecule has 0 saturated heterocycles. The molecule has 0 bridgehead atoms. The standard InChI is InChI=1S/C12H23N3/c1-6-7-11(12(14)10(4)13)15(5)8-9(2)3/h6-7,9,13H,8,14H2,1-5H3/b7-6-,12-11-,13-10?. The fourth-order valence-corrected chi connectivity index (χ4v) is 1.42. The van der Waals surface area contributed by atoms with E-state index in [-0.39, 0.29) is 0 Å². The molecular formula is C12H23N3. The number of likely N-dealkylation sites (N-methyl/N-ethyl adjacent to an activating group) is 1. The van der Waals surface area contributed by atoms with Crippen molar-refractivity contribution in [3.05, 3.63) is 23.5 Å². The monoisotopic (exact) mass is 209 g/mol. The first-order valence-corrected chi connectivity index (χ1v) is 5.29. The van der Waals surface area contributed by atoms with Crippen LogP contribution in [0.25, 0.3) is 0 Å². The summed E-state index contributed by atoms with van der Waals surface area (Å²) in [6, 6.07) is 0. The highest BCUT2D eigenvalue weighted by atomic mass is 15.1. The fraction of sp³-hybridized carbons (Fsp3) is 0.583. The minimum absolute atomic E-state index is 0.415. The molecule has 0 aliphatic carbocycles. The maximum atomic E-state index is 7.54. The Kier molecular flexibility index (Phi) is 5.75. The van der Waals surface area contributed by atoms with Crippen molar-refractivity contribution in [3.8, 4) is 0 Å². The second kappa shape index (κ2) is 6.27. The zero-order valence-electron chi connectivity index (χ0n) is 10.5. The molecule has 0 aromatic carbocycles. The van der Waals surface area contributed by atoms with E-state index >= 15 is 0 Å². The molecule has 0 unspecified atom stereocenters. The lowest BCUT2D eigenvalue weighted by Crippen LogP contribution is -2.26. The number of allylic oxidation sites excluding steroid dienone is 3. The van der Waals surface area contributed by atoms with Gasteiger partial charge in [-0.15, -0.1) is 0 Å². The number of nitrogens with one attached hydrogen (secondary N) is 1. The van der Waals surface area contributed by atoms with Crippen LogP contribution in [-0.4, -0.2) is 24.2 Å². The van der Waals surface area contributed by atoms with E-state index in [9.17, 15) is 0 Å². The van der Waals surface area contributed by atoms with Crippen LogP contribution in [0, 0.1) is 11.3 Å². The molecule has 0 aliphatic rings. The van der Waals surface area contributed by atoms with Gasteiger partial charge in [-0.3, -0.25) is 0 Å². The zero-order valence-corrected chi connectivity index (χ0v) is 10.5. The zero-order chi connectivity index (χ0) is 12.0. The summed E-state index contributed by atoms with van der Waals surface area (Å²) in [6.07, 6.45) is 3.90. The van der Waals surface area contributed by atoms with Crippen molar-refractivity contribution in [2.45, 2.75) is 27.7 Å². The first-order chi connectivity index (χ1) is 6.90. The summed E-state index contributed by atoms with van der Waals surface area (Å²) in [5.74, 6) is 0.578. The van der Waals surface area contributed by atoms with Crippen LogP contribution in [0.15, 0.2) is 23.5 Å². The van der Waals surface area contributed by atoms with Gasteiger partial charge < -0.3 is 16.0 Å². The minimum Gasteiger partial charge on any atom is -0.396 e. The van der Waals surface area contributed by atoms with Gasteiger partial charge in [-0.25, -0.2) is 0 Å². The van der Waals surface area contributed by atoms with Gasteiger partial charge in [0.2, 0.25) is 0 Å². The average Bonchev–Trinajstić information content (AvgIpc) is 2.11. The lowest BCUT2D eigenvalue weighted by molar-refractivity contribution is 0.369. The third-order valence-corrected chi connectivity index (χ3v) is 2.05. The molecule has 0 heterocycles. The lowest BCUT2D eigenvalue weighted by atomic mass is 10.1. The summed E-state index contributed by atoms with van der Waals surface area (Å²) in [7, 11) is 2.01. The molecule has 15 heavy (non-hydrogen) atoms. The van der Waals surface area contributed by atoms with Gasteiger partial charge in [0.25, 0.3) is 0 Å². The molecule has 0 spiro atoms. The molecule has 0 aromatic rings. The summed E-state index contributed by atoms with van der Waals surface area (Å²) < 4.78 is 0. The lowest BCUT2D eigenvalue weighted by Gasteiger charge is -2.24. The van der Waals surface area contributed by atoms with Gasteiger partial charge in [0.05, 0.1) is 17.1 Å². The van der Waals surface area contributed by atoms with Gasteiger partial charge in [0.1, 0.15) is 0 Å². The van der Waals surface area contributed by atoms with Crippen LogP contribution in [0.5, 0.6) is 0 Å². The number of rotatable bonds is 5. The van der Waals surface area contributed by atoms with Crippen molar-refractivity contribution in [3.63, 3.8) is 0 Å². The third kappa shape index (κ3) is 4.68. The smallest absolute Gasteiger partial charge is 0.0760 e. The highest BCUT2D eigenvalue weighted by Gasteiger charge is 2.09. The molecule has 86 valence electrons. The van der Waals surface area contributed by atoms with E-state index in [1.54, 1.807) is 6.92 Å². The van der Waals surface area contributed by atoms with Crippen LogP contribution >= 0.6 is 0 Å². The largest absolute Gasteiger partial charge is 0.396 e. The molecule has 0 aromatic heterocycles. The van der Waals surface area contributed by atoms with Crippen molar-refractivity contribution in [2.24, 2.45) is 11.7 Å².